The first-order valence-electron chi connectivity index (χ1n) is 7.39. The van der Waals surface area contributed by atoms with Crippen molar-refractivity contribution in [2.75, 3.05) is 20.8 Å². The Morgan fingerprint density at radius 1 is 1.25 bits per heavy atom. The van der Waals surface area contributed by atoms with Gasteiger partial charge < -0.3 is 14.8 Å². The number of methoxy groups -OCH3 is 1. The van der Waals surface area contributed by atoms with Crippen LogP contribution in [-0.4, -0.2) is 26.4 Å². The van der Waals surface area contributed by atoms with E-state index in [2.05, 4.69) is 45.1 Å². The van der Waals surface area contributed by atoms with Gasteiger partial charge in [0.05, 0.1) is 18.8 Å². The van der Waals surface area contributed by atoms with Crippen molar-refractivity contribution in [2.45, 2.75) is 52.7 Å². The fourth-order valence-corrected chi connectivity index (χ4v) is 2.95. The van der Waals surface area contributed by atoms with Crippen molar-refractivity contribution in [1.82, 2.24) is 5.32 Å². The summed E-state index contributed by atoms with van der Waals surface area (Å²) in [4.78, 5) is 0. The zero-order valence-corrected chi connectivity index (χ0v) is 14.0. The van der Waals surface area contributed by atoms with Gasteiger partial charge in [-0.2, -0.15) is 0 Å². The number of benzene rings is 1. The van der Waals surface area contributed by atoms with Gasteiger partial charge in [0.2, 0.25) is 0 Å². The van der Waals surface area contributed by atoms with Crippen LogP contribution in [0.3, 0.4) is 0 Å². The second kappa shape index (κ2) is 7.09. The van der Waals surface area contributed by atoms with Crippen molar-refractivity contribution < 1.29 is 9.47 Å². The lowest BCUT2D eigenvalue weighted by molar-refractivity contribution is -0.0552. The zero-order valence-electron chi connectivity index (χ0n) is 14.0. The lowest BCUT2D eigenvalue weighted by atomic mass is 9.84. The lowest BCUT2D eigenvalue weighted by Crippen LogP contribution is -2.42. The molecular weight excluding hydrogens is 250 g/mol. The van der Waals surface area contributed by atoms with Gasteiger partial charge in [-0.3, -0.25) is 0 Å². The van der Waals surface area contributed by atoms with E-state index in [4.69, 9.17) is 9.47 Å². The molecule has 0 aliphatic carbocycles. The topological polar surface area (TPSA) is 30.5 Å². The van der Waals surface area contributed by atoms with Crippen molar-refractivity contribution >= 4 is 0 Å². The number of hydrogen-bond acceptors (Lipinski definition) is 3. The van der Waals surface area contributed by atoms with Gasteiger partial charge in [-0.25, -0.2) is 0 Å². The number of aryl methyl sites for hydroxylation is 2. The fraction of sp³-hybridized carbons (Fsp3) is 0.647. The van der Waals surface area contributed by atoms with E-state index in [1.807, 2.05) is 14.0 Å². The molecule has 1 aromatic rings. The van der Waals surface area contributed by atoms with Gasteiger partial charge in [0.25, 0.3) is 0 Å². The average Bonchev–Trinajstić information content (AvgIpc) is 2.41. The van der Waals surface area contributed by atoms with E-state index in [1.54, 1.807) is 7.11 Å². The Hall–Kier alpha value is -1.06. The molecule has 0 aliphatic heterocycles. The largest absolute Gasteiger partial charge is 0.496 e. The minimum absolute atomic E-state index is 0.1000. The predicted molar refractivity (Wildman–Crippen MR) is 84.6 cm³/mol. The Bertz CT molecular complexity index is 445. The Morgan fingerprint density at radius 3 is 2.35 bits per heavy atom. The number of hydrogen-bond donors (Lipinski definition) is 1. The molecule has 1 rings (SSSR count). The summed E-state index contributed by atoms with van der Waals surface area (Å²) in [5.41, 5.74) is 3.39. The minimum atomic E-state index is -0.253. The molecular formula is C17H29NO2. The first kappa shape index (κ1) is 17.0. The molecule has 3 heteroatoms. The van der Waals surface area contributed by atoms with Crippen molar-refractivity contribution in [1.29, 1.82) is 0 Å². The van der Waals surface area contributed by atoms with Crippen molar-refractivity contribution in [3.8, 4) is 5.75 Å². The van der Waals surface area contributed by atoms with E-state index < -0.39 is 0 Å². The Morgan fingerprint density at radius 2 is 1.90 bits per heavy atom. The monoisotopic (exact) mass is 279 g/mol. The summed E-state index contributed by atoms with van der Waals surface area (Å²) in [5.74, 6) is 0.932. The van der Waals surface area contributed by atoms with Crippen LogP contribution in [0.1, 0.15) is 49.9 Å². The SMILES string of the molecule is CCOC(C)(CC)C(NC)c1c(C)cc(C)cc1OC. The number of likely N-dealkylation sites (N-methyl/N-ethyl adjacent to an activating group) is 1. The van der Waals surface area contributed by atoms with Gasteiger partial charge in [0.1, 0.15) is 5.75 Å². The van der Waals surface area contributed by atoms with Crippen molar-refractivity contribution in [3.63, 3.8) is 0 Å². The van der Waals surface area contributed by atoms with E-state index in [0.29, 0.717) is 6.61 Å². The van der Waals surface area contributed by atoms with E-state index in [9.17, 15) is 0 Å². The summed E-state index contributed by atoms with van der Waals surface area (Å²) in [6.45, 7) is 11.3. The van der Waals surface area contributed by atoms with Crippen LogP contribution in [0.5, 0.6) is 5.75 Å². The molecule has 0 fully saturated rings. The van der Waals surface area contributed by atoms with Crippen LogP contribution in [-0.2, 0) is 4.74 Å². The molecule has 1 N–H and O–H groups in total. The third-order valence-corrected chi connectivity index (χ3v) is 4.08. The quantitative estimate of drug-likeness (QED) is 0.824. The molecule has 20 heavy (non-hydrogen) atoms. The number of rotatable bonds is 7. The summed E-state index contributed by atoms with van der Waals surface area (Å²) < 4.78 is 11.7. The van der Waals surface area contributed by atoms with Crippen LogP contribution >= 0.6 is 0 Å². The number of ether oxygens (including phenoxy) is 2. The standard InChI is InChI=1S/C17H29NO2/c1-8-17(5,20-9-2)16(18-6)15-13(4)10-12(3)11-14(15)19-7/h10-11,16,18H,8-9H2,1-7H3. The summed E-state index contributed by atoms with van der Waals surface area (Å²) in [5, 5.41) is 3.42. The van der Waals surface area contributed by atoms with Crippen LogP contribution < -0.4 is 10.1 Å². The maximum absolute atomic E-state index is 6.05. The second-order valence-corrected chi connectivity index (χ2v) is 5.52. The lowest BCUT2D eigenvalue weighted by Gasteiger charge is -2.38. The first-order chi connectivity index (χ1) is 9.43. The summed E-state index contributed by atoms with van der Waals surface area (Å²) in [6, 6.07) is 4.39. The van der Waals surface area contributed by atoms with Gasteiger partial charge >= 0.3 is 0 Å². The molecule has 2 unspecified atom stereocenters. The van der Waals surface area contributed by atoms with Gasteiger partial charge in [0.15, 0.2) is 0 Å². The molecule has 114 valence electrons. The van der Waals surface area contributed by atoms with Crippen LogP contribution in [0, 0.1) is 13.8 Å². The van der Waals surface area contributed by atoms with E-state index in [0.717, 1.165) is 12.2 Å². The highest BCUT2D eigenvalue weighted by Gasteiger charge is 2.36. The molecule has 3 nitrogen and oxygen atoms in total. The molecule has 2 atom stereocenters. The molecule has 0 saturated carbocycles. The van der Waals surface area contributed by atoms with Crippen molar-refractivity contribution in [2.24, 2.45) is 0 Å². The predicted octanol–water partition coefficient (Wildman–Crippen LogP) is 3.78. The third kappa shape index (κ3) is 3.33. The zero-order chi connectivity index (χ0) is 15.3. The molecule has 0 aliphatic rings. The summed E-state index contributed by atoms with van der Waals surface area (Å²) >= 11 is 0. The first-order valence-corrected chi connectivity index (χ1v) is 7.39. The van der Waals surface area contributed by atoms with Crippen LogP contribution in [0.2, 0.25) is 0 Å². The highest BCUT2D eigenvalue weighted by molar-refractivity contribution is 5.46. The van der Waals surface area contributed by atoms with E-state index in [-0.39, 0.29) is 11.6 Å². The number of nitrogens with one attached hydrogen (secondary N) is 1. The molecule has 1 aromatic carbocycles. The molecule has 0 amide bonds. The Kier molecular flexibility index (Phi) is 6.03. The molecule has 0 radical (unpaired) electrons. The second-order valence-electron chi connectivity index (χ2n) is 5.52. The molecule has 0 spiro atoms. The van der Waals surface area contributed by atoms with Crippen molar-refractivity contribution in [3.05, 3.63) is 28.8 Å². The summed E-state index contributed by atoms with van der Waals surface area (Å²) in [7, 11) is 3.71. The normalized spacial score (nSPS) is 15.8. The van der Waals surface area contributed by atoms with E-state index in [1.165, 1.54) is 16.7 Å². The van der Waals surface area contributed by atoms with Crippen LogP contribution in [0.15, 0.2) is 12.1 Å². The van der Waals surface area contributed by atoms with E-state index >= 15 is 0 Å². The van der Waals surface area contributed by atoms with Gasteiger partial charge in [-0.05, 0) is 58.4 Å². The molecule has 0 aromatic heterocycles. The Balaban J connectivity index is 3.38. The highest BCUT2D eigenvalue weighted by Crippen LogP contribution is 2.39. The van der Waals surface area contributed by atoms with Crippen LogP contribution in [0.25, 0.3) is 0 Å². The highest BCUT2D eigenvalue weighted by atomic mass is 16.5. The summed E-state index contributed by atoms with van der Waals surface area (Å²) in [6.07, 6.45) is 0.933. The maximum atomic E-state index is 6.05. The molecule has 0 bridgehead atoms. The fourth-order valence-electron chi connectivity index (χ4n) is 2.95. The molecule has 0 saturated heterocycles. The van der Waals surface area contributed by atoms with Gasteiger partial charge in [0, 0.05) is 12.2 Å². The smallest absolute Gasteiger partial charge is 0.124 e. The van der Waals surface area contributed by atoms with Crippen LogP contribution in [0.4, 0.5) is 0 Å². The third-order valence-electron chi connectivity index (χ3n) is 4.08. The van der Waals surface area contributed by atoms with Gasteiger partial charge in [-0.15, -0.1) is 0 Å². The molecule has 0 heterocycles. The maximum Gasteiger partial charge on any atom is 0.124 e. The Labute approximate surface area is 123 Å². The van der Waals surface area contributed by atoms with Gasteiger partial charge in [-0.1, -0.05) is 13.0 Å². The average molecular weight is 279 g/mol. The minimum Gasteiger partial charge on any atom is -0.496 e.